The van der Waals surface area contributed by atoms with Gasteiger partial charge in [-0.15, -0.1) is 0 Å². The molecule has 132 valence electrons. The van der Waals surface area contributed by atoms with Crippen LogP contribution in [0.5, 0.6) is 0 Å². The molecule has 2 aromatic carbocycles. The topological polar surface area (TPSA) is 24.7 Å². The Morgan fingerprint density at radius 2 is 1.31 bits per heavy atom. The van der Waals surface area contributed by atoms with Crippen LogP contribution in [0.2, 0.25) is 0 Å². The van der Waals surface area contributed by atoms with E-state index < -0.39 is 0 Å². The van der Waals surface area contributed by atoms with Crippen molar-refractivity contribution in [2.75, 3.05) is 0 Å². The first kappa shape index (κ1) is 16.0. The SMILES string of the molecule is CC1(C)[C@@H]2CC[C@@]1(C)C1=N[C@@H](c3ccccc3)[C@H](c3ccccc3)N=C12. The molecule has 5 rings (SSSR count). The summed E-state index contributed by atoms with van der Waals surface area (Å²) >= 11 is 0. The molecule has 2 saturated carbocycles. The van der Waals surface area contributed by atoms with Gasteiger partial charge in [0.15, 0.2) is 0 Å². The van der Waals surface area contributed by atoms with E-state index in [0.717, 1.165) is 0 Å². The van der Waals surface area contributed by atoms with Crippen molar-refractivity contribution in [2.45, 2.75) is 45.7 Å². The minimum Gasteiger partial charge on any atom is -0.277 e. The van der Waals surface area contributed by atoms with Gasteiger partial charge < -0.3 is 0 Å². The van der Waals surface area contributed by atoms with Crippen LogP contribution in [0.15, 0.2) is 70.6 Å². The Labute approximate surface area is 156 Å². The average Bonchev–Trinajstić information content (AvgIpc) is 3.01. The van der Waals surface area contributed by atoms with E-state index in [1.807, 2.05) is 0 Å². The third-order valence-electron chi connectivity index (χ3n) is 7.45. The fraction of sp³-hybridized carbons (Fsp3) is 0.417. The third-order valence-corrected chi connectivity index (χ3v) is 7.45. The van der Waals surface area contributed by atoms with Gasteiger partial charge >= 0.3 is 0 Å². The monoisotopic (exact) mass is 342 g/mol. The van der Waals surface area contributed by atoms with Crippen molar-refractivity contribution in [3.05, 3.63) is 71.8 Å². The fourth-order valence-corrected chi connectivity index (χ4v) is 5.45. The number of rotatable bonds is 2. The first-order chi connectivity index (χ1) is 12.5. The molecule has 2 aromatic rings. The highest BCUT2D eigenvalue weighted by atomic mass is 15.0. The highest BCUT2D eigenvalue weighted by molar-refractivity contribution is 6.48. The number of nitrogens with zero attached hydrogens (tertiary/aromatic N) is 2. The van der Waals surface area contributed by atoms with Gasteiger partial charge in [0.25, 0.3) is 0 Å². The molecule has 3 aliphatic rings. The van der Waals surface area contributed by atoms with Crippen molar-refractivity contribution in [1.29, 1.82) is 0 Å². The van der Waals surface area contributed by atoms with E-state index in [-0.39, 0.29) is 22.9 Å². The van der Waals surface area contributed by atoms with Crippen molar-refractivity contribution >= 4 is 11.4 Å². The molecule has 2 bridgehead atoms. The standard InChI is InChI=1S/C24H26N2/c1-23(2)18-14-15-24(23,3)22-21(18)25-19(16-10-6-4-7-11-16)20(26-22)17-12-8-5-9-13-17/h4-13,18-20H,14-15H2,1-3H3/t18-,19+,20+,24+/m1/s1. The smallest absolute Gasteiger partial charge is 0.102 e. The quantitative estimate of drug-likeness (QED) is 0.657. The first-order valence-corrected chi connectivity index (χ1v) is 9.78. The summed E-state index contributed by atoms with van der Waals surface area (Å²) in [5, 5.41) is 0. The lowest BCUT2D eigenvalue weighted by Gasteiger charge is -2.36. The Hall–Kier alpha value is -2.22. The van der Waals surface area contributed by atoms with Gasteiger partial charge in [-0.3, -0.25) is 9.98 Å². The van der Waals surface area contributed by atoms with Crippen LogP contribution in [0, 0.1) is 16.7 Å². The third kappa shape index (κ3) is 1.99. The molecule has 2 aliphatic carbocycles. The number of aliphatic imine (C=N–C) groups is 2. The maximum atomic E-state index is 5.41. The minimum absolute atomic E-state index is 0.0734. The predicted molar refractivity (Wildman–Crippen MR) is 108 cm³/mol. The lowest BCUT2D eigenvalue weighted by molar-refractivity contribution is 0.208. The molecule has 2 fully saturated rings. The highest BCUT2D eigenvalue weighted by Crippen LogP contribution is 2.64. The first-order valence-electron chi connectivity index (χ1n) is 9.78. The largest absolute Gasteiger partial charge is 0.277 e. The molecule has 2 heteroatoms. The molecule has 0 N–H and O–H groups in total. The second-order valence-corrected chi connectivity index (χ2v) is 8.85. The van der Waals surface area contributed by atoms with Crippen LogP contribution in [0.1, 0.15) is 56.8 Å². The Morgan fingerprint density at radius 1 is 0.769 bits per heavy atom. The molecule has 2 nitrogen and oxygen atoms in total. The zero-order chi connectivity index (χ0) is 17.9. The average molecular weight is 342 g/mol. The molecule has 0 unspecified atom stereocenters. The Morgan fingerprint density at radius 3 is 1.88 bits per heavy atom. The van der Waals surface area contributed by atoms with Crippen molar-refractivity contribution in [1.82, 2.24) is 0 Å². The number of hydrogen-bond acceptors (Lipinski definition) is 2. The van der Waals surface area contributed by atoms with E-state index in [1.54, 1.807) is 0 Å². The van der Waals surface area contributed by atoms with Gasteiger partial charge in [0, 0.05) is 11.3 Å². The summed E-state index contributed by atoms with van der Waals surface area (Å²) in [6.45, 7) is 7.26. The molecule has 4 atom stereocenters. The van der Waals surface area contributed by atoms with Crippen LogP contribution < -0.4 is 0 Å². The number of benzene rings is 2. The van der Waals surface area contributed by atoms with Gasteiger partial charge in [-0.1, -0.05) is 81.4 Å². The van der Waals surface area contributed by atoms with Crippen molar-refractivity contribution in [2.24, 2.45) is 26.7 Å². The van der Waals surface area contributed by atoms with E-state index >= 15 is 0 Å². The molecule has 26 heavy (non-hydrogen) atoms. The molecule has 0 spiro atoms. The van der Waals surface area contributed by atoms with Crippen LogP contribution in [0.3, 0.4) is 0 Å². The highest BCUT2D eigenvalue weighted by Gasteiger charge is 2.64. The second-order valence-electron chi connectivity index (χ2n) is 8.85. The van der Waals surface area contributed by atoms with Gasteiger partial charge in [-0.2, -0.15) is 0 Å². The summed E-state index contributed by atoms with van der Waals surface area (Å²) in [4.78, 5) is 10.8. The van der Waals surface area contributed by atoms with E-state index in [9.17, 15) is 0 Å². The minimum atomic E-state index is 0.0734. The Bertz CT molecular complexity index is 894. The summed E-state index contributed by atoms with van der Waals surface area (Å²) in [5.74, 6) is 0.550. The van der Waals surface area contributed by atoms with Crippen molar-refractivity contribution < 1.29 is 0 Å². The van der Waals surface area contributed by atoms with Gasteiger partial charge in [-0.05, 0) is 29.4 Å². The van der Waals surface area contributed by atoms with Gasteiger partial charge in [0.1, 0.15) is 12.1 Å². The van der Waals surface area contributed by atoms with Crippen LogP contribution in [-0.4, -0.2) is 11.4 Å². The molecule has 1 heterocycles. The zero-order valence-electron chi connectivity index (χ0n) is 15.8. The van der Waals surface area contributed by atoms with Gasteiger partial charge in [0.2, 0.25) is 0 Å². The molecule has 0 radical (unpaired) electrons. The van der Waals surface area contributed by atoms with Crippen LogP contribution >= 0.6 is 0 Å². The van der Waals surface area contributed by atoms with E-state index in [2.05, 4.69) is 81.4 Å². The lowest BCUT2D eigenvalue weighted by atomic mass is 9.70. The summed E-state index contributed by atoms with van der Waals surface area (Å²) in [6.07, 6.45) is 2.49. The zero-order valence-corrected chi connectivity index (χ0v) is 15.8. The predicted octanol–water partition coefficient (Wildman–Crippen LogP) is 5.82. The van der Waals surface area contributed by atoms with E-state index in [1.165, 1.54) is 35.4 Å². The lowest BCUT2D eigenvalue weighted by Crippen LogP contribution is -2.36. The van der Waals surface area contributed by atoms with Crippen LogP contribution in [0.4, 0.5) is 0 Å². The number of fused-ring (bicyclic) bond motifs is 5. The molecular weight excluding hydrogens is 316 g/mol. The summed E-state index contributed by atoms with van der Waals surface area (Å²) in [6, 6.07) is 21.6. The normalized spacial score (nSPS) is 34.2. The van der Waals surface area contributed by atoms with Crippen LogP contribution in [-0.2, 0) is 0 Å². The van der Waals surface area contributed by atoms with Gasteiger partial charge in [-0.25, -0.2) is 0 Å². The summed E-state index contributed by atoms with van der Waals surface area (Å²) in [7, 11) is 0. The fourth-order valence-electron chi connectivity index (χ4n) is 5.45. The second kappa shape index (κ2) is 5.39. The van der Waals surface area contributed by atoms with Gasteiger partial charge in [0.05, 0.1) is 11.4 Å². The van der Waals surface area contributed by atoms with Crippen molar-refractivity contribution in [3.8, 4) is 0 Å². The van der Waals surface area contributed by atoms with E-state index in [4.69, 9.17) is 9.98 Å². The Kier molecular flexibility index (Phi) is 3.31. The molecule has 0 saturated heterocycles. The molecule has 1 aliphatic heterocycles. The van der Waals surface area contributed by atoms with Crippen LogP contribution in [0.25, 0.3) is 0 Å². The number of hydrogen-bond donors (Lipinski definition) is 0. The van der Waals surface area contributed by atoms with E-state index in [0.29, 0.717) is 5.92 Å². The molecule has 0 aromatic heterocycles. The maximum absolute atomic E-state index is 5.41. The summed E-state index contributed by atoms with van der Waals surface area (Å²) in [5.41, 5.74) is 5.52. The van der Waals surface area contributed by atoms with Crippen molar-refractivity contribution in [3.63, 3.8) is 0 Å². The maximum Gasteiger partial charge on any atom is 0.102 e. The molecule has 0 amide bonds. The summed E-state index contributed by atoms with van der Waals surface area (Å²) < 4.78 is 0. The Balaban J connectivity index is 1.69. The molecular formula is C24H26N2.